The maximum absolute atomic E-state index is 10.6. The Morgan fingerprint density at radius 2 is 1.41 bits per heavy atom. The lowest BCUT2D eigenvalue weighted by molar-refractivity contribution is -0.140. The fraction of sp³-hybridized carbons (Fsp3) is 0.952. The smallest absolute Gasteiger partial charge is 0.397 e. The first-order valence-electron chi connectivity index (χ1n) is 11.3. The summed E-state index contributed by atoms with van der Waals surface area (Å²) in [4.78, 5) is 10.6. The molecule has 0 aromatic rings. The molecule has 0 amide bonds. The number of carboxylic acids is 1. The average molecular weight is 438 g/mol. The molecular formula is C21H43NO6S. The molecule has 29 heavy (non-hydrogen) atoms. The molecule has 1 fully saturated rings. The molecule has 0 unspecified atom stereocenters. The Kier molecular flexibility index (Phi) is 16.6. The van der Waals surface area contributed by atoms with E-state index in [4.69, 9.17) is 15.4 Å². The lowest BCUT2D eigenvalue weighted by Crippen LogP contribution is -2.34. The quantitative estimate of drug-likeness (QED) is 0.240. The van der Waals surface area contributed by atoms with E-state index < -0.39 is 16.4 Å². The summed E-state index contributed by atoms with van der Waals surface area (Å²) in [5.41, 5.74) is 5.54. The van der Waals surface area contributed by atoms with Crippen LogP contribution in [-0.4, -0.2) is 37.2 Å². The first-order valence-corrected chi connectivity index (χ1v) is 12.6. The predicted molar refractivity (Wildman–Crippen MR) is 116 cm³/mol. The van der Waals surface area contributed by atoms with Crippen molar-refractivity contribution in [3.63, 3.8) is 0 Å². The Bertz CT molecular complexity index is 503. The Morgan fingerprint density at radius 1 is 0.931 bits per heavy atom. The minimum absolute atomic E-state index is 0.0793. The maximum atomic E-state index is 10.6. The molecule has 0 bridgehead atoms. The highest BCUT2D eigenvalue weighted by atomic mass is 32.3. The summed E-state index contributed by atoms with van der Waals surface area (Å²) in [7, 11) is -4.23. The highest BCUT2D eigenvalue weighted by molar-refractivity contribution is 7.80. The van der Waals surface area contributed by atoms with E-state index in [1.807, 2.05) is 0 Å². The number of hydrogen-bond donors (Lipinski definition) is 3. The summed E-state index contributed by atoms with van der Waals surface area (Å²) in [5.74, 6) is -0.706. The summed E-state index contributed by atoms with van der Waals surface area (Å²) in [6, 6.07) is 0. The summed E-state index contributed by atoms with van der Waals surface area (Å²) in [6.45, 7) is 2.84. The molecule has 0 aromatic carbocycles. The van der Waals surface area contributed by atoms with E-state index in [-0.39, 0.29) is 18.4 Å². The van der Waals surface area contributed by atoms with E-state index in [0.29, 0.717) is 13.0 Å². The second kappa shape index (κ2) is 17.0. The van der Waals surface area contributed by atoms with Gasteiger partial charge in [-0.2, -0.15) is 8.42 Å². The molecule has 0 spiro atoms. The number of nitrogens with two attached hydrogens (primary N) is 1. The van der Waals surface area contributed by atoms with Crippen molar-refractivity contribution < 1.29 is 27.1 Å². The van der Waals surface area contributed by atoms with Crippen molar-refractivity contribution in [2.45, 2.75) is 110 Å². The van der Waals surface area contributed by atoms with Gasteiger partial charge in [-0.15, -0.1) is 0 Å². The van der Waals surface area contributed by atoms with Crippen molar-refractivity contribution >= 4 is 16.4 Å². The lowest BCUT2D eigenvalue weighted by atomic mass is 9.72. The number of carbonyl (C=O) groups is 1. The molecule has 1 aliphatic carbocycles. The van der Waals surface area contributed by atoms with Crippen LogP contribution in [0.15, 0.2) is 0 Å². The van der Waals surface area contributed by atoms with Crippen molar-refractivity contribution in [2.24, 2.45) is 11.1 Å². The zero-order valence-electron chi connectivity index (χ0n) is 18.2. The van der Waals surface area contributed by atoms with Gasteiger partial charge in [-0.05, 0) is 31.2 Å². The molecule has 174 valence electrons. The van der Waals surface area contributed by atoms with Gasteiger partial charge in [0.05, 0.1) is 13.0 Å². The van der Waals surface area contributed by atoms with Gasteiger partial charge in [0.1, 0.15) is 0 Å². The monoisotopic (exact) mass is 437 g/mol. The Hall–Kier alpha value is -0.700. The molecule has 0 heterocycles. The molecule has 1 aliphatic rings. The van der Waals surface area contributed by atoms with Gasteiger partial charge in [0.2, 0.25) is 0 Å². The predicted octanol–water partition coefficient (Wildman–Crippen LogP) is 5.10. The molecule has 7 nitrogen and oxygen atoms in total. The fourth-order valence-corrected chi connectivity index (χ4v) is 4.16. The van der Waals surface area contributed by atoms with Gasteiger partial charge in [0, 0.05) is 0 Å². The van der Waals surface area contributed by atoms with Crippen LogP contribution in [-0.2, 0) is 19.4 Å². The van der Waals surface area contributed by atoms with Crippen LogP contribution in [0.5, 0.6) is 0 Å². The number of rotatable bonds is 15. The second-order valence-corrected chi connectivity index (χ2v) is 9.36. The highest BCUT2D eigenvalue weighted by Gasteiger charge is 2.32. The van der Waals surface area contributed by atoms with Crippen LogP contribution in [0.2, 0.25) is 0 Å². The van der Waals surface area contributed by atoms with Crippen molar-refractivity contribution in [3.05, 3.63) is 0 Å². The Balaban J connectivity index is 0.000000571. The molecule has 4 N–H and O–H groups in total. The van der Waals surface area contributed by atoms with Crippen LogP contribution < -0.4 is 5.73 Å². The summed E-state index contributed by atoms with van der Waals surface area (Å²) in [5, 5.41) is 8.71. The zero-order chi connectivity index (χ0) is 22.0. The largest absolute Gasteiger partial charge is 0.481 e. The van der Waals surface area contributed by atoms with Crippen LogP contribution in [0.25, 0.3) is 0 Å². The molecule has 0 saturated heterocycles. The third kappa shape index (κ3) is 17.8. The number of unbranched alkanes of at least 4 members (excludes halogenated alkanes) is 9. The summed E-state index contributed by atoms with van der Waals surface area (Å²) >= 11 is 0. The van der Waals surface area contributed by atoms with Crippen molar-refractivity contribution in [1.82, 2.24) is 0 Å². The van der Waals surface area contributed by atoms with E-state index in [9.17, 15) is 13.2 Å². The lowest BCUT2D eigenvalue weighted by Gasteiger charge is -2.34. The fourth-order valence-electron chi connectivity index (χ4n) is 3.83. The van der Waals surface area contributed by atoms with Crippen LogP contribution in [0.3, 0.4) is 0 Å². The van der Waals surface area contributed by atoms with Gasteiger partial charge in [0.15, 0.2) is 0 Å². The second-order valence-electron chi connectivity index (χ2n) is 8.27. The Labute approximate surface area is 177 Å². The SMILES string of the molecule is CCCCCCCCCCCCOS(=O)(=O)O.NCC1(CC(=O)O)CCCCC1. The van der Waals surface area contributed by atoms with Gasteiger partial charge in [0.25, 0.3) is 0 Å². The van der Waals surface area contributed by atoms with E-state index in [1.54, 1.807) is 0 Å². The molecule has 0 aromatic heterocycles. The van der Waals surface area contributed by atoms with Crippen molar-refractivity contribution in [1.29, 1.82) is 0 Å². The minimum Gasteiger partial charge on any atom is -0.481 e. The standard InChI is InChI=1S/C12H26O4S.C9H17NO2/c1-2-3-4-5-6-7-8-9-10-11-12-16-17(13,14)15;10-7-9(6-8(11)12)4-2-1-3-5-9/h2-12H2,1H3,(H,13,14,15);1-7,10H2,(H,11,12). The average Bonchev–Trinajstić information content (AvgIpc) is 2.66. The van der Waals surface area contributed by atoms with Gasteiger partial charge in [-0.25, -0.2) is 4.18 Å². The third-order valence-electron chi connectivity index (χ3n) is 5.60. The highest BCUT2D eigenvalue weighted by Crippen LogP contribution is 2.38. The number of aliphatic carboxylic acids is 1. The van der Waals surface area contributed by atoms with Crippen LogP contribution >= 0.6 is 0 Å². The van der Waals surface area contributed by atoms with Gasteiger partial charge < -0.3 is 10.8 Å². The first-order chi connectivity index (χ1) is 13.7. The summed E-state index contributed by atoms with van der Waals surface area (Å²) in [6.07, 6.45) is 17.6. The minimum atomic E-state index is -4.23. The Morgan fingerprint density at radius 3 is 1.83 bits per heavy atom. The van der Waals surface area contributed by atoms with Crippen molar-refractivity contribution in [3.8, 4) is 0 Å². The molecule has 1 saturated carbocycles. The topological polar surface area (TPSA) is 127 Å². The third-order valence-corrected chi connectivity index (χ3v) is 6.07. The first kappa shape index (κ1) is 28.3. The van der Waals surface area contributed by atoms with Gasteiger partial charge in [-0.1, -0.05) is 84.0 Å². The maximum Gasteiger partial charge on any atom is 0.397 e. The number of carboxylic acid groups (broad SMARTS) is 1. The molecular weight excluding hydrogens is 394 g/mol. The normalized spacial score (nSPS) is 16.1. The summed E-state index contributed by atoms with van der Waals surface area (Å²) < 4.78 is 33.0. The zero-order valence-corrected chi connectivity index (χ0v) is 19.1. The van der Waals surface area contributed by atoms with Gasteiger partial charge in [-0.3, -0.25) is 9.35 Å². The van der Waals surface area contributed by atoms with Crippen molar-refractivity contribution in [2.75, 3.05) is 13.2 Å². The van der Waals surface area contributed by atoms with E-state index in [2.05, 4.69) is 11.1 Å². The molecule has 1 rings (SSSR count). The molecule has 0 atom stereocenters. The molecule has 8 heteroatoms. The van der Waals surface area contributed by atoms with Crippen LogP contribution in [0, 0.1) is 5.41 Å². The van der Waals surface area contributed by atoms with E-state index in [0.717, 1.165) is 38.5 Å². The van der Waals surface area contributed by atoms with E-state index in [1.165, 1.54) is 51.4 Å². The molecule has 0 radical (unpaired) electrons. The van der Waals surface area contributed by atoms with Gasteiger partial charge >= 0.3 is 16.4 Å². The molecule has 0 aliphatic heterocycles. The van der Waals surface area contributed by atoms with Crippen LogP contribution in [0.1, 0.15) is 110 Å². The van der Waals surface area contributed by atoms with Crippen LogP contribution in [0.4, 0.5) is 0 Å². The van der Waals surface area contributed by atoms with E-state index >= 15 is 0 Å². The number of hydrogen-bond acceptors (Lipinski definition) is 5.